The first kappa shape index (κ1) is 43.2. The first-order valence-electron chi connectivity index (χ1n) is 18.0. The van der Waals surface area contributed by atoms with Gasteiger partial charge >= 0.3 is 0 Å². The predicted molar refractivity (Wildman–Crippen MR) is 182 cm³/mol. The zero-order chi connectivity index (χ0) is 32.9. The van der Waals surface area contributed by atoms with E-state index in [4.69, 9.17) is 9.05 Å². The smallest absolute Gasteiger partial charge is 0.268 e. The number of nitrogens with one attached hydrogen (secondary N) is 1. The van der Waals surface area contributed by atoms with Crippen molar-refractivity contribution in [1.29, 1.82) is 0 Å². The van der Waals surface area contributed by atoms with E-state index in [0.717, 1.165) is 51.4 Å². The fourth-order valence-electron chi connectivity index (χ4n) is 5.03. The van der Waals surface area contributed by atoms with E-state index in [1.165, 1.54) is 77.0 Å². The largest absolute Gasteiger partial charge is 0.756 e. The van der Waals surface area contributed by atoms with Gasteiger partial charge in [-0.1, -0.05) is 122 Å². The number of unbranched alkanes of at least 4 members (excludes halogenated alkanes) is 17. The van der Waals surface area contributed by atoms with Gasteiger partial charge in [-0.2, -0.15) is 0 Å². The van der Waals surface area contributed by atoms with Gasteiger partial charge in [0, 0.05) is 6.42 Å². The van der Waals surface area contributed by atoms with Crippen LogP contribution in [0.4, 0.5) is 0 Å². The Morgan fingerprint density at radius 2 is 1.25 bits per heavy atom. The van der Waals surface area contributed by atoms with E-state index in [0.29, 0.717) is 23.9 Å². The van der Waals surface area contributed by atoms with Crippen LogP contribution in [0.25, 0.3) is 0 Å². The number of hydrogen-bond donors (Lipinski definition) is 2. The summed E-state index contributed by atoms with van der Waals surface area (Å²) in [6.45, 7) is 4.64. The van der Waals surface area contributed by atoms with E-state index in [1.807, 2.05) is 21.1 Å². The molecule has 0 fully saturated rings. The molecule has 0 heterocycles. The number of nitrogens with zero attached hydrogens (tertiary/aromatic N) is 1. The summed E-state index contributed by atoms with van der Waals surface area (Å²) in [6.07, 6.45) is 27.8. The van der Waals surface area contributed by atoms with E-state index in [-0.39, 0.29) is 19.1 Å². The van der Waals surface area contributed by atoms with Gasteiger partial charge in [0.15, 0.2) is 0 Å². The number of carbonyl (C=O) groups is 1. The number of rotatable bonds is 32. The molecule has 0 aliphatic heterocycles. The lowest BCUT2D eigenvalue weighted by atomic mass is 10.0. The van der Waals surface area contributed by atoms with Crippen LogP contribution < -0.4 is 10.2 Å². The first-order chi connectivity index (χ1) is 21.0. The summed E-state index contributed by atoms with van der Waals surface area (Å²) < 4.78 is 23.1. The highest BCUT2D eigenvalue weighted by Gasteiger charge is 2.24. The second-order valence-electron chi connectivity index (χ2n) is 13.6. The highest BCUT2D eigenvalue weighted by atomic mass is 31.2. The number of aliphatic hydroxyl groups is 1. The van der Waals surface area contributed by atoms with Crippen molar-refractivity contribution in [1.82, 2.24) is 5.32 Å². The number of aliphatic hydroxyl groups excluding tert-OH is 1. The van der Waals surface area contributed by atoms with E-state index in [2.05, 4.69) is 31.3 Å². The van der Waals surface area contributed by atoms with Crippen LogP contribution in [0.3, 0.4) is 0 Å². The van der Waals surface area contributed by atoms with Crippen molar-refractivity contribution >= 4 is 13.7 Å². The molecule has 0 aromatic heterocycles. The van der Waals surface area contributed by atoms with Crippen molar-refractivity contribution in [3.8, 4) is 0 Å². The molecule has 44 heavy (non-hydrogen) atoms. The molecule has 1 amide bonds. The van der Waals surface area contributed by atoms with Crippen LogP contribution in [0.1, 0.15) is 155 Å². The van der Waals surface area contributed by atoms with Gasteiger partial charge in [-0.25, -0.2) is 0 Å². The summed E-state index contributed by atoms with van der Waals surface area (Å²) >= 11 is 0. The Morgan fingerprint density at radius 1 is 0.773 bits per heavy atom. The molecule has 262 valence electrons. The monoisotopic (exact) mass is 647 g/mol. The fraction of sp³-hybridized carbons (Fsp3) is 0.914. The van der Waals surface area contributed by atoms with Crippen LogP contribution in [0.5, 0.6) is 0 Å². The van der Waals surface area contributed by atoms with Crippen molar-refractivity contribution in [3.05, 3.63) is 12.2 Å². The van der Waals surface area contributed by atoms with Crippen LogP contribution in [0, 0.1) is 0 Å². The molecule has 0 aliphatic carbocycles. The first-order valence-corrected chi connectivity index (χ1v) is 19.5. The molecule has 0 saturated carbocycles. The fourth-order valence-corrected chi connectivity index (χ4v) is 5.75. The zero-order valence-corrected chi connectivity index (χ0v) is 30.3. The number of amides is 1. The van der Waals surface area contributed by atoms with Crippen molar-refractivity contribution in [2.75, 3.05) is 40.9 Å². The molecule has 0 rings (SSSR count). The number of likely N-dealkylation sites (N-methyl/N-ethyl adjacent to an activating group) is 1. The zero-order valence-electron chi connectivity index (χ0n) is 29.4. The minimum absolute atomic E-state index is 0.0116. The van der Waals surface area contributed by atoms with Gasteiger partial charge in [0.1, 0.15) is 13.2 Å². The molecule has 0 aliphatic rings. The summed E-state index contributed by atoms with van der Waals surface area (Å²) in [4.78, 5) is 25.1. The third-order valence-corrected chi connectivity index (χ3v) is 8.97. The summed E-state index contributed by atoms with van der Waals surface area (Å²) in [5.74, 6) is -0.178. The molecule has 0 bridgehead atoms. The number of phosphoric ester groups is 1. The van der Waals surface area contributed by atoms with Gasteiger partial charge < -0.3 is 28.8 Å². The average molecular weight is 647 g/mol. The quantitative estimate of drug-likeness (QED) is 0.0330. The third kappa shape index (κ3) is 29.9. The van der Waals surface area contributed by atoms with Gasteiger partial charge in [-0.15, -0.1) is 0 Å². The maximum atomic E-state index is 12.7. The number of hydrogen-bond acceptors (Lipinski definition) is 6. The Kier molecular flexibility index (Phi) is 28.0. The minimum Gasteiger partial charge on any atom is -0.756 e. The van der Waals surface area contributed by atoms with Crippen molar-refractivity contribution in [2.45, 2.75) is 167 Å². The Balaban J connectivity index is 4.52. The number of allylic oxidation sites excluding steroid dienone is 2. The van der Waals surface area contributed by atoms with Crippen molar-refractivity contribution in [2.24, 2.45) is 0 Å². The summed E-state index contributed by atoms with van der Waals surface area (Å²) in [6, 6.07) is -0.797. The molecule has 9 heteroatoms. The normalized spacial score (nSPS) is 15.0. The highest BCUT2D eigenvalue weighted by molar-refractivity contribution is 7.45. The van der Waals surface area contributed by atoms with Gasteiger partial charge in [0.25, 0.3) is 7.82 Å². The van der Waals surface area contributed by atoms with Crippen molar-refractivity contribution < 1.29 is 32.9 Å². The van der Waals surface area contributed by atoms with E-state index in [1.54, 1.807) is 0 Å². The lowest BCUT2D eigenvalue weighted by Crippen LogP contribution is -2.46. The summed E-state index contributed by atoms with van der Waals surface area (Å²) in [5.41, 5.74) is 0. The van der Waals surface area contributed by atoms with Gasteiger partial charge in [-0.05, 0) is 38.5 Å². The van der Waals surface area contributed by atoms with Gasteiger partial charge in [0.2, 0.25) is 5.91 Å². The molecule has 3 atom stereocenters. The minimum atomic E-state index is -4.55. The lowest BCUT2D eigenvalue weighted by molar-refractivity contribution is -0.870. The molecule has 0 saturated heterocycles. The van der Waals surface area contributed by atoms with Crippen LogP contribution in [0.15, 0.2) is 12.2 Å². The predicted octanol–water partition coefficient (Wildman–Crippen LogP) is 8.22. The van der Waals surface area contributed by atoms with Crippen LogP contribution >= 0.6 is 7.82 Å². The number of carbonyl (C=O) groups excluding carboxylic acids is 1. The summed E-state index contributed by atoms with van der Waals surface area (Å²) in [7, 11) is 1.30. The van der Waals surface area contributed by atoms with Crippen LogP contribution in [-0.4, -0.2) is 68.5 Å². The number of phosphoric acid groups is 1. The molecule has 0 aromatic rings. The highest BCUT2D eigenvalue weighted by Crippen LogP contribution is 2.38. The lowest BCUT2D eigenvalue weighted by Gasteiger charge is -2.30. The van der Waals surface area contributed by atoms with E-state index < -0.39 is 20.0 Å². The Morgan fingerprint density at radius 3 is 1.82 bits per heavy atom. The van der Waals surface area contributed by atoms with Gasteiger partial charge in [-0.3, -0.25) is 9.36 Å². The topological polar surface area (TPSA) is 108 Å². The third-order valence-electron chi connectivity index (χ3n) is 8.00. The molecular formula is C35H71N2O6P. The maximum Gasteiger partial charge on any atom is 0.268 e. The molecule has 0 spiro atoms. The molecule has 0 aromatic carbocycles. The maximum absolute atomic E-state index is 12.7. The Bertz CT molecular complexity index is 743. The Hall–Kier alpha value is -0.760. The van der Waals surface area contributed by atoms with E-state index >= 15 is 0 Å². The van der Waals surface area contributed by atoms with E-state index in [9.17, 15) is 19.4 Å². The molecule has 3 unspecified atom stereocenters. The molecular weight excluding hydrogens is 575 g/mol. The number of quaternary nitrogens is 1. The second kappa shape index (κ2) is 28.5. The van der Waals surface area contributed by atoms with Crippen molar-refractivity contribution in [3.63, 3.8) is 0 Å². The van der Waals surface area contributed by atoms with Crippen LogP contribution in [0.2, 0.25) is 0 Å². The average Bonchev–Trinajstić information content (AvgIpc) is 2.95. The van der Waals surface area contributed by atoms with Gasteiger partial charge in [0.05, 0.1) is 39.9 Å². The summed E-state index contributed by atoms with van der Waals surface area (Å²) in [5, 5.41) is 13.8. The molecule has 0 radical (unpaired) electrons. The molecule has 2 N–H and O–H groups in total. The molecule has 8 nitrogen and oxygen atoms in total. The standard InChI is InChI=1S/C35H71N2O6P/c1-6-8-10-12-14-16-18-19-21-23-25-27-29-35(39)36-33(32-43-44(40,41)42-31-30-37(3,4)5)34(38)28-26-24-22-20-17-15-13-11-9-7-2/h14,16,33-34,38H,6-13,15,17-32H2,1-5H3,(H-,36,39,40,41)/b16-14-. The second-order valence-corrected chi connectivity index (χ2v) is 15.0. The Labute approximate surface area is 272 Å². The van der Waals surface area contributed by atoms with Crippen LogP contribution in [-0.2, 0) is 18.4 Å². The SMILES string of the molecule is CCCCC/C=C\CCCCCCCC(=O)NC(COP(=O)([O-])OCC[N+](C)(C)C)C(O)CCCCCCCCCCCC.